The van der Waals surface area contributed by atoms with Crippen molar-refractivity contribution in [2.75, 3.05) is 6.54 Å². The summed E-state index contributed by atoms with van der Waals surface area (Å²) in [4.78, 5) is 7.18. The Kier molecular flexibility index (Phi) is 4.39. The molecule has 4 nitrogen and oxygen atoms in total. The van der Waals surface area contributed by atoms with Crippen LogP contribution < -0.4 is 10.6 Å². The molecule has 0 aliphatic rings. The number of hydrogen-bond acceptors (Lipinski definition) is 2. The van der Waals surface area contributed by atoms with Crippen LogP contribution in [0.2, 0.25) is 0 Å². The van der Waals surface area contributed by atoms with Gasteiger partial charge in [0.2, 0.25) is 0 Å². The third-order valence-electron chi connectivity index (χ3n) is 1.81. The van der Waals surface area contributed by atoms with Gasteiger partial charge in [-0.15, -0.1) is 0 Å². The number of nitrogens with zero attached hydrogens (tertiary/aromatic N) is 1. The molecule has 1 atom stereocenters. The van der Waals surface area contributed by atoms with Crippen LogP contribution in [0.5, 0.6) is 0 Å². The van der Waals surface area contributed by atoms with Crippen molar-refractivity contribution in [3.63, 3.8) is 0 Å². The summed E-state index contributed by atoms with van der Waals surface area (Å²) in [5.74, 6) is 0.894. The van der Waals surface area contributed by atoms with Gasteiger partial charge in [-0.1, -0.05) is 6.92 Å². The molecule has 0 fully saturated rings. The molecule has 0 saturated carbocycles. The van der Waals surface area contributed by atoms with Crippen molar-refractivity contribution in [3.05, 3.63) is 18.2 Å². The van der Waals surface area contributed by atoms with Gasteiger partial charge in [0.25, 0.3) is 0 Å². The fourth-order valence-corrected chi connectivity index (χ4v) is 1.35. The summed E-state index contributed by atoms with van der Waals surface area (Å²) < 4.78 is 0. The molecule has 1 rings (SSSR count). The molecular formula is C9H16N4S. The van der Waals surface area contributed by atoms with Crippen LogP contribution >= 0.6 is 12.2 Å². The lowest BCUT2D eigenvalue weighted by atomic mass is 10.3. The number of aromatic nitrogens is 2. The quantitative estimate of drug-likeness (QED) is 0.659. The van der Waals surface area contributed by atoms with E-state index in [1.54, 1.807) is 12.4 Å². The molecule has 1 aromatic heterocycles. The van der Waals surface area contributed by atoms with E-state index in [9.17, 15) is 0 Å². The Hall–Kier alpha value is -1.10. The molecular weight excluding hydrogens is 196 g/mol. The maximum Gasteiger partial charge on any atom is 0.166 e. The monoisotopic (exact) mass is 212 g/mol. The van der Waals surface area contributed by atoms with Gasteiger partial charge in [-0.05, 0) is 25.6 Å². The minimum atomic E-state index is 0.113. The summed E-state index contributed by atoms with van der Waals surface area (Å²) in [6, 6.07) is 0.113. The van der Waals surface area contributed by atoms with Crippen molar-refractivity contribution in [2.45, 2.75) is 26.3 Å². The van der Waals surface area contributed by atoms with Crippen LogP contribution in [-0.4, -0.2) is 21.6 Å². The van der Waals surface area contributed by atoms with Gasteiger partial charge in [-0.3, -0.25) is 0 Å². The van der Waals surface area contributed by atoms with Crippen molar-refractivity contribution >= 4 is 17.3 Å². The highest BCUT2D eigenvalue weighted by Crippen LogP contribution is 2.04. The average molecular weight is 212 g/mol. The maximum absolute atomic E-state index is 5.11. The number of hydrogen-bond donors (Lipinski definition) is 3. The highest BCUT2D eigenvalue weighted by atomic mass is 32.1. The zero-order chi connectivity index (χ0) is 10.4. The Bertz CT molecular complexity index is 270. The summed E-state index contributed by atoms with van der Waals surface area (Å²) in [6.45, 7) is 5.01. The molecule has 0 aromatic carbocycles. The molecule has 0 aliphatic carbocycles. The van der Waals surface area contributed by atoms with Crippen molar-refractivity contribution in [1.29, 1.82) is 0 Å². The van der Waals surface area contributed by atoms with Gasteiger partial charge >= 0.3 is 0 Å². The van der Waals surface area contributed by atoms with E-state index in [2.05, 4.69) is 27.5 Å². The van der Waals surface area contributed by atoms with E-state index >= 15 is 0 Å². The van der Waals surface area contributed by atoms with Gasteiger partial charge in [0.05, 0.1) is 6.04 Å². The predicted octanol–water partition coefficient (Wildman–Crippen LogP) is 1.34. The molecule has 0 spiro atoms. The normalized spacial score (nSPS) is 12.1. The molecule has 14 heavy (non-hydrogen) atoms. The van der Waals surface area contributed by atoms with Gasteiger partial charge in [0.15, 0.2) is 5.11 Å². The van der Waals surface area contributed by atoms with E-state index in [0.717, 1.165) is 18.8 Å². The second-order valence-corrected chi connectivity index (χ2v) is 3.50. The molecule has 0 radical (unpaired) electrons. The van der Waals surface area contributed by atoms with Crippen LogP contribution in [0.15, 0.2) is 12.4 Å². The molecule has 3 N–H and O–H groups in total. The van der Waals surface area contributed by atoms with Crippen molar-refractivity contribution < 1.29 is 0 Å². The number of thiocarbonyl (C=S) groups is 1. The number of aromatic amines is 1. The number of H-pyrrole nitrogens is 1. The topological polar surface area (TPSA) is 52.7 Å². The second-order valence-electron chi connectivity index (χ2n) is 3.10. The minimum Gasteiger partial charge on any atom is -0.363 e. The van der Waals surface area contributed by atoms with E-state index in [1.165, 1.54) is 0 Å². The second kappa shape index (κ2) is 5.59. The lowest BCUT2D eigenvalue weighted by molar-refractivity contribution is 0.658. The largest absolute Gasteiger partial charge is 0.363 e. The maximum atomic E-state index is 5.11. The first kappa shape index (κ1) is 11.0. The first-order valence-corrected chi connectivity index (χ1v) is 5.18. The molecule has 0 amide bonds. The zero-order valence-corrected chi connectivity index (χ0v) is 9.32. The Morgan fingerprint density at radius 2 is 2.50 bits per heavy atom. The lowest BCUT2D eigenvalue weighted by Crippen LogP contribution is -2.37. The fourth-order valence-electron chi connectivity index (χ4n) is 1.07. The van der Waals surface area contributed by atoms with E-state index in [1.807, 2.05) is 6.92 Å². The van der Waals surface area contributed by atoms with Crippen molar-refractivity contribution in [3.8, 4) is 0 Å². The summed E-state index contributed by atoms with van der Waals surface area (Å²) >= 11 is 5.11. The SMILES string of the molecule is CCCNC(=S)NC(C)c1ncc[nH]1. The lowest BCUT2D eigenvalue weighted by Gasteiger charge is -2.14. The van der Waals surface area contributed by atoms with Crippen LogP contribution in [0.3, 0.4) is 0 Å². The predicted molar refractivity (Wildman–Crippen MR) is 61.0 cm³/mol. The van der Waals surface area contributed by atoms with E-state index in [0.29, 0.717) is 5.11 Å². The number of rotatable bonds is 4. The van der Waals surface area contributed by atoms with Crippen LogP contribution in [0, 0.1) is 0 Å². The highest BCUT2D eigenvalue weighted by Gasteiger charge is 2.07. The Morgan fingerprint density at radius 1 is 1.71 bits per heavy atom. The molecule has 5 heteroatoms. The van der Waals surface area contributed by atoms with Crippen LogP contribution in [0.25, 0.3) is 0 Å². The van der Waals surface area contributed by atoms with Gasteiger partial charge in [0, 0.05) is 18.9 Å². The molecule has 0 saturated heterocycles. The smallest absolute Gasteiger partial charge is 0.166 e. The van der Waals surface area contributed by atoms with Gasteiger partial charge in [-0.25, -0.2) is 4.98 Å². The van der Waals surface area contributed by atoms with Crippen LogP contribution in [0.1, 0.15) is 32.1 Å². The highest BCUT2D eigenvalue weighted by molar-refractivity contribution is 7.80. The zero-order valence-electron chi connectivity index (χ0n) is 8.50. The van der Waals surface area contributed by atoms with Crippen LogP contribution in [0.4, 0.5) is 0 Å². The van der Waals surface area contributed by atoms with Gasteiger partial charge < -0.3 is 15.6 Å². The molecule has 78 valence electrons. The first-order valence-electron chi connectivity index (χ1n) is 4.77. The summed E-state index contributed by atoms with van der Waals surface area (Å²) in [5.41, 5.74) is 0. The molecule has 1 heterocycles. The number of imidazole rings is 1. The van der Waals surface area contributed by atoms with Crippen molar-refractivity contribution in [1.82, 2.24) is 20.6 Å². The molecule has 0 aliphatic heterocycles. The standard InChI is InChI=1S/C9H16N4S/c1-3-4-12-9(14)13-7(2)8-10-5-6-11-8/h5-7H,3-4H2,1-2H3,(H,10,11)(H2,12,13,14). The third kappa shape index (κ3) is 3.33. The summed E-state index contributed by atoms with van der Waals surface area (Å²) in [7, 11) is 0. The van der Waals surface area contributed by atoms with Gasteiger partial charge in [0.1, 0.15) is 5.82 Å². The summed E-state index contributed by atoms with van der Waals surface area (Å²) in [6.07, 6.45) is 4.60. The minimum absolute atomic E-state index is 0.113. The average Bonchev–Trinajstić information content (AvgIpc) is 2.67. The Balaban J connectivity index is 2.33. The van der Waals surface area contributed by atoms with Crippen LogP contribution in [-0.2, 0) is 0 Å². The molecule has 1 aromatic rings. The van der Waals surface area contributed by atoms with E-state index < -0.39 is 0 Å². The first-order chi connectivity index (χ1) is 6.74. The molecule has 1 unspecified atom stereocenters. The Morgan fingerprint density at radius 3 is 3.07 bits per heavy atom. The molecule has 0 bridgehead atoms. The number of nitrogens with one attached hydrogen (secondary N) is 3. The van der Waals surface area contributed by atoms with Crippen molar-refractivity contribution in [2.24, 2.45) is 0 Å². The summed E-state index contributed by atoms with van der Waals surface area (Å²) in [5, 5.41) is 6.92. The van der Waals surface area contributed by atoms with E-state index in [-0.39, 0.29) is 6.04 Å². The van der Waals surface area contributed by atoms with E-state index in [4.69, 9.17) is 12.2 Å². The fraction of sp³-hybridized carbons (Fsp3) is 0.556. The Labute approximate surface area is 89.5 Å². The van der Waals surface area contributed by atoms with Gasteiger partial charge in [-0.2, -0.15) is 0 Å². The third-order valence-corrected chi connectivity index (χ3v) is 2.07.